The van der Waals surface area contributed by atoms with Crippen LogP contribution in [-0.4, -0.2) is 27.7 Å². The molecule has 1 fully saturated rings. The van der Waals surface area contributed by atoms with Gasteiger partial charge in [-0.2, -0.15) is 0 Å². The quantitative estimate of drug-likeness (QED) is 0.259. The van der Waals surface area contributed by atoms with Crippen molar-refractivity contribution in [3.8, 4) is 11.3 Å². The Hall–Kier alpha value is -5.13. The summed E-state index contributed by atoms with van der Waals surface area (Å²) in [6.07, 6.45) is 1.10. The number of hydrogen-bond donors (Lipinski definition) is 1. The first-order chi connectivity index (χ1) is 16.2. The summed E-state index contributed by atoms with van der Waals surface area (Å²) in [5, 5.41) is 24.4. The number of nitro benzene ring substituents is 2. The average molecular weight is 462 g/mol. The summed E-state index contributed by atoms with van der Waals surface area (Å²) in [4.78, 5) is 59.1. The molecule has 0 aliphatic carbocycles. The highest BCUT2D eigenvalue weighted by atomic mass is 16.6. The summed E-state index contributed by atoms with van der Waals surface area (Å²) in [6.45, 7) is 1.83. The number of nitrogens with zero attached hydrogens (tertiary/aromatic N) is 3. The number of barbiturate groups is 1. The van der Waals surface area contributed by atoms with E-state index in [0.29, 0.717) is 0 Å². The standard InChI is InChI=1S/C22H14N4O8/c1-12-2-4-13(5-3-12)24-21(28)17(20(27)23-22(24)29)11-15-7-9-19(34-15)16-8-6-14(25(30)31)10-18(16)26(32)33/h2-11H,1H3,(H,23,27,29)/b17-11+. The van der Waals surface area contributed by atoms with Gasteiger partial charge in [0.15, 0.2) is 0 Å². The zero-order valence-corrected chi connectivity index (χ0v) is 17.4. The number of furan rings is 1. The van der Waals surface area contributed by atoms with Crippen molar-refractivity contribution >= 4 is 41.0 Å². The maximum Gasteiger partial charge on any atom is 0.335 e. The van der Waals surface area contributed by atoms with E-state index < -0.39 is 39.1 Å². The molecule has 1 aromatic heterocycles. The second-order valence-corrected chi connectivity index (χ2v) is 7.21. The highest BCUT2D eigenvalue weighted by molar-refractivity contribution is 6.39. The maximum absolute atomic E-state index is 12.9. The van der Waals surface area contributed by atoms with Gasteiger partial charge in [0, 0.05) is 6.07 Å². The van der Waals surface area contributed by atoms with Gasteiger partial charge in [0.05, 0.1) is 27.2 Å². The number of carbonyl (C=O) groups is 3. The largest absolute Gasteiger partial charge is 0.456 e. The molecule has 0 unspecified atom stereocenters. The molecule has 2 heterocycles. The number of imide groups is 2. The van der Waals surface area contributed by atoms with E-state index >= 15 is 0 Å². The number of benzene rings is 2. The first-order valence-corrected chi connectivity index (χ1v) is 9.67. The van der Waals surface area contributed by atoms with Crippen molar-refractivity contribution < 1.29 is 28.6 Å². The number of nitro groups is 2. The molecule has 4 rings (SSSR count). The molecule has 34 heavy (non-hydrogen) atoms. The Balaban J connectivity index is 1.70. The van der Waals surface area contributed by atoms with Gasteiger partial charge < -0.3 is 4.42 Å². The third-order valence-corrected chi connectivity index (χ3v) is 4.96. The fourth-order valence-electron chi connectivity index (χ4n) is 3.30. The second-order valence-electron chi connectivity index (χ2n) is 7.21. The number of nitrogens with one attached hydrogen (secondary N) is 1. The van der Waals surface area contributed by atoms with E-state index in [4.69, 9.17) is 4.42 Å². The summed E-state index contributed by atoms with van der Waals surface area (Å²) in [7, 11) is 0. The molecule has 0 saturated carbocycles. The van der Waals surface area contributed by atoms with E-state index in [2.05, 4.69) is 5.32 Å². The lowest BCUT2D eigenvalue weighted by Gasteiger charge is -2.26. The number of aryl methyl sites for hydroxylation is 1. The van der Waals surface area contributed by atoms with Crippen molar-refractivity contribution in [1.82, 2.24) is 5.32 Å². The van der Waals surface area contributed by atoms with Crippen LogP contribution < -0.4 is 10.2 Å². The lowest BCUT2D eigenvalue weighted by molar-refractivity contribution is -0.393. The van der Waals surface area contributed by atoms with Crippen molar-refractivity contribution in [1.29, 1.82) is 0 Å². The van der Waals surface area contributed by atoms with Crippen LogP contribution in [-0.2, 0) is 9.59 Å². The molecule has 1 N–H and O–H groups in total. The first-order valence-electron chi connectivity index (χ1n) is 9.67. The summed E-state index contributed by atoms with van der Waals surface area (Å²) in [5.41, 5.74) is -0.271. The summed E-state index contributed by atoms with van der Waals surface area (Å²) < 4.78 is 5.56. The Morgan fingerprint density at radius 2 is 1.65 bits per heavy atom. The number of rotatable bonds is 5. The minimum absolute atomic E-state index is 0.000596. The van der Waals surface area contributed by atoms with Crippen molar-refractivity contribution in [2.45, 2.75) is 6.92 Å². The van der Waals surface area contributed by atoms with Crippen molar-refractivity contribution in [3.05, 3.63) is 91.7 Å². The number of urea groups is 1. The molecule has 1 aliphatic rings. The molecule has 3 aromatic rings. The van der Waals surface area contributed by atoms with Crippen LogP contribution in [0.1, 0.15) is 11.3 Å². The summed E-state index contributed by atoms with van der Waals surface area (Å²) in [6, 6.07) is 11.4. The Morgan fingerprint density at radius 3 is 2.29 bits per heavy atom. The average Bonchev–Trinajstić information content (AvgIpc) is 3.26. The van der Waals surface area contributed by atoms with Gasteiger partial charge >= 0.3 is 6.03 Å². The molecule has 170 valence electrons. The van der Waals surface area contributed by atoms with E-state index in [1.807, 2.05) is 6.92 Å². The Labute approximate surface area is 190 Å². The second kappa shape index (κ2) is 8.43. The summed E-state index contributed by atoms with van der Waals surface area (Å²) in [5.74, 6) is -1.82. The van der Waals surface area contributed by atoms with Crippen LogP contribution >= 0.6 is 0 Å². The van der Waals surface area contributed by atoms with Gasteiger partial charge in [-0.05, 0) is 43.3 Å². The lowest BCUT2D eigenvalue weighted by atomic mass is 10.1. The molecule has 1 aliphatic heterocycles. The van der Waals surface area contributed by atoms with E-state index in [0.717, 1.165) is 28.7 Å². The number of amides is 4. The van der Waals surface area contributed by atoms with E-state index in [1.54, 1.807) is 24.3 Å². The number of carbonyl (C=O) groups excluding carboxylic acids is 3. The molecule has 12 heteroatoms. The van der Waals surface area contributed by atoms with Gasteiger partial charge in [-0.15, -0.1) is 0 Å². The minimum Gasteiger partial charge on any atom is -0.456 e. The summed E-state index contributed by atoms with van der Waals surface area (Å²) >= 11 is 0. The smallest absolute Gasteiger partial charge is 0.335 e. The molecule has 0 radical (unpaired) electrons. The topological polar surface area (TPSA) is 166 Å². The normalized spacial score (nSPS) is 14.9. The lowest BCUT2D eigenvalue weighted by Crippen LogP contribution is -2.54. The van der Waals surface area contributed by atoms with E-state index in [1.165, 1.54) is 18.2 Å². The molecule has 4 amide bonds. The molecule has 0 atom stereocenters. The zero-order chi connectivity index (χ0) is 24.6. The number of anilines is 1. The third kappa shape index (κ3) is 4.02. The van der Waals surface area contributed by atoms with Gasteiger partial charge in [-0.25, -0.2) is 9.69 Å². The molecular formula is C22H14N4O8. The van der Waals surface area contributed by atoms with Crippen molar-refractivity contribution in [2.24, 2.45) is 0 Å². The molecule has 2 aromatic carbocycles. The fourth-order valence-corrected chi connectivity index (χ4v) is 3.30. The van der Waals surface area contributed by atoms with Crippen LogP contribution in [0, 0.1) is 27.2 Å². The van der Waals surface area contributed by atoms with E-state index in [9.17, 15) is 34.6 Å². The third-order valence-electron chi connectivity index (χ3n) is 4.96. The van der Waals surface area contributed by atoms with Crippen LogP contribution in [0.15, 0.2) is 64.6 Å². The zero-order valence-electron chi connectivity index (χ0n) is 17.4. The van der Waals surface area contributed by atoms with Gasteiger partial charge in [-0.3, -0.25) is 35.1 Å². The highest BCUT2D eigenvalue weighted by Crippen LogP contribution is 2.34. The van der Waals surface area contributed by atoms with Crippen molar-refractivity contribution in [2.75, 3.05) is 4.90 Å². The number of hydrogen-bond acceptors (Lipinski definition) is 8. The predicted octanol–water partition coefficient (Wildman–Crippen LogP) is 3.74. The minimum atomic E-state index is -0.933. The highest BCUT2D eigenvalue weighted by Gasteiger charge is 2.37. The van der Waals surface area contributed by atoms with Crippen LogP contribution in [0.5, 0.6) is 0 Å². The van der Waals surface area contributed by atoms with Crippen LogP contribution in [0.3, 0.4) is 0 Å². The fraction of sp³-hybridized carbons (Fsp3) is 0.0455. The van der Waals surface area contributed by atoms with Gasteiger partial charge in [0.1, 0.15) is 17.1 Å². The molecule has 0 spiro atoms. The van der Waals surface area contributed by atoms with Gasteiger partial charge in [0.25, 0.3) is 23.2 Å². The van der Waals surface area contributed by atoms with E-state index in [-0.39, 0.29) is 28.3 Å². The van der Waals surface area contributed by atoms with Crippen molar-refractivity contribution in [3.63, 3.8) is 0 Å². The Kier molecular flexibility index (Phi) is 5.47. The van der Waals surface area contributed by atoms with Gasteiger partial charge in [0.2, 0.25) is 0 Å². The Bertz CT molecular complexity index is 1400. The van der Waals surface area contributed by atoms with Gasteiger partial charge in [-0.1, -0.05) is 17.7 Å². The Morgan fingerprint density at radius 1 is 0.941 bits per heavy atom. The molecule has 12 nitrogen and oxygen atoms in total. The van der Waals surface area contributed by atoms with Crippen LogP contribution in [0.25, 0.3) is 17.4 Å². The van der Waals surface area contributed by atoms with Crippen LogP contribution in [0.2, 0.25) is 0 Å². The SMILES string of the molecule is Cc1ccc(N2C(=O)NC(=O)/C(=C\c3ccc(-c4ccc([N+](=O)[O-])cc4[N+](=O)[O-])o3)C2=O)cc1. The maximum atomic E-state index is 12.9. The first kappa shape index (κ1) is 22.1. The monoisotopic (exact) mass is 462 g/mol. The molecular weight excluding hydrogens is 448 g/mol. The predicted molar refractivity (Wildman–Crippen MR) is 118 cm³/mol. The molecule has 1 saturated heterocycles. The molecule has 0 bridgehead atoms. The number of non-ortho nitro benzene ring substituents is 1. The van der Waals surface area contributed by atoms with Crippen LogP contribution in [0.4, 0.5) is 21.9 Å².